The highest BCUT2D eigenvalue weighted by molar-refractivity contribution is 5.95. The van der Waals surface area contributed by atoms with Gasteiger partial charge < -0.3 is 24.2 Å². The summed E-state index contributed by atoms with van der Waals surface area (Å²) in [4.78, 5) is 64.5. The van der Waals surface area contributed by atoms with Gasteiger partial charge in [-0.3, -0.25) is 34.5 Å². The van der Waals surface area contributed by atoms with Crippen molar-refractivity contribution >= 4 is 35.4 Å². The van der Waals surface area contributed by atoms with Crippen molar-refractivity contribution in [1.82, 2.24) is 29.4 Å². The fourth-order valence-corrected chi connectivity index (χ4v) is 9.43. The predicted octanol–water partition coefficient (Wildman–Crippen LogP) is 11.5. The first-order valence-corrected chi connectivity index (χ1v) is 25.0. The summed E-state index contributed by atoms with van der Waals surface area (Å²) in [6.45, 7) is 19.3. The highest BCUT2D eigenvalue weighted by atomic mass is 16.5. The minimum Gasteiger partial charge on any atom is -0.453 e. The van der Waals surface area contributed by atoms with Gasteiger partial charge in [0.1, 0.15) is 0 Å². The first kappa shape index (κ1) is 64.5. The summed E-state index contributed by atoms with van der Waals surface area (Å²) in [5.41, 5.74) is 8.65. The molecule has 2 fully saturated rings. The van der Waals surface area contributed by atoms with Gasteiger partial charge in [0, 0.05) is 115 Å². The molecule has 2 aliphatic heterocycles. The second-order valence-electron chi connectivity index (χ2n) is 18.0. The van der Waals surface area contributed by atoms with E-state index in [0.717, 1.165) is 86.8 Å². The van der Waals surface area contributed by atoms with Crippen LogP contribution >= 0.6 is 0 Å². The number of benzene rings is 5. The standard InChI is InChI=1S/C32H40N4O3.C25H34N4O3.4CH4/c1-5-35(6-2)31(37)27-17-15-26(16-18-27)30(28-13-10-14-29(23-28)33(3)32(38)39-4)36-21-19-34(20-22-36)24-25-11-8-7-9-12-25;1-5-28(6-2)24(30)20-12-10-19(11-13-20)23(29-16-14-27(3)15-17-29)21-8-7-9-22(18-21)26-25(31)32-4;;;;/h7-18,23,30H,5-6,19-22,24H2,1-4H3;7-13,18,23H,5-6,14-17H2,1-4H3,(H,26,31);4*1H4. The SMILES string of the molecule is C.C.C.C.CCN(CC)C(=O)c1ccc(C(c2cccc(N(C)C(=O)OC)c2)N2CCN(Cc3ccccc3)CC2)cc1.CCN(CC)C(=O)c1ccc(C(c2cccc(NC(=O)OC)c2)N2CCN(C)CC2)cc1. The van der Waals surface area contributed by atoms with Crippen molar-refractivity contribution in [1.29, 1.82) is 0 Å². The van der Waals surface area contributed by atoms with E-state index in [4.69, 9.17) is 9.47 Å². The Morgan fingerprint density at radius 2 is 0.987 bits per heavy atom. The fraction of sp³-hybridized carbons (Fsp3) is 0.443. The molecular weight excluding hydrogens is 941 g/mol. The molecule has 5 aromatic rings. The lowest BCUT2D eigenvalue weighted by molar-refractivity contribution is 0.0765. The molecule has 4 amide bonds. The number of nitrogens with one attached hydrogen (secondary N) is 1. The second kappa shape index (κ2) is 32.0. The van der Waals surface area contributed by atoms with Gasteiger partial charge in [-0.2, -0.15) is 0 Å². The molecule has 410 valence electrons. The van der Waals surface area contributed by atoms with Crippen LogP contribution in [0.25, 0.3) is 0 Å². The molecule has 7 rings (SSSR count). The summed E-state index contributed by atoms with van der Waals surface area (Å²) in [5, 5.41) is 2.76. The van der Waals surface area contributed by atoms with Gasteiger partial charge in [-0.15, -0.1) is 0 Å². The van der Waals surface area contributed by atoms with Crippen LogP contribution in [0.15, 0.2) is 127 Å². The Hall–Kier alpha value is -6.58. The van der Waals surface area contributed by atoms with Crippen molar-refractivity contribution in [2.75, 3.05) is 117 Å². The van der Waals surface area contributed by atoms with Crippen LogP contribution in [-0.2, 0) is 16.0 Å². The zero-order valence-corrected chi connectivity index (χ0v) is 43.1. The maximum atomic E-state index is 12.9. The molecule has 0 bridgehead atoms. The lowest BCUT2D eigenvalue weighted by Gasteiger charge is -2.40. The molecule has 5 aromatic carbocycles. The second-order valence-corrected chi connectivity index (χ2v) is 18.0. The molecule has 75 heavy (non-hydrogen) atoms. The zero-order valence-electron chi connectivity index (χ0n) is 43.1. The Bertz CT molecular complexity index is 2470. The third-order valence-corrected chi connectivity index (χ3v) is 13.6. The zero-order chi connectivity index (χ0) is 50.9. The number of rotatable bonds is 16. The van der Waals surface area contributed by atoms with Gasteiger partial charge in [0.2, 0.25) is 0 Å². The van der Waals surface area contributed by atoms with Crippen molar-refractivity contribution < 1.29 is 28.7 Å². The Labute approximate surface area is 451 Å². The lowest BCUT2D eigenvalue weighted by atomic mass is 9.94. The van der Waals surface area contributed by atoms with E-state index in [-0.39, 0.29) is 53.6 Å². The van der Waals surface area contributed by atoms with Gasteiger partial charge in [0.15, 0.2) is 0 Å². The topological polar surface area (TPSA) is 121 Å². The number of amides is 4. The quantitative estimate of drug-likeness (QED) is 0.102. The minimum absolute atomic E-state index is 0. The summed E-state index contributed by atoms with van der Waals surface area (Å²) in [7, 11) is 6.60. The van der Waals surface area contributed by atoms with Crippen LogP contribution < -0.4 is 10.2 Å². The molecule has 2 aliphatic rings. The number of anilines is 2. The average Bonchev–Trinajstić information content (AvgIpc) is 3.41. The molecule has 2 saturated heterocycles. The molecule has 2 unspecified atom stereocenters. The number of methoxy groups -OCH3 is 2. The Kier molecular flexibility index (Phi) is 27.5. The van der Waals surface area contributed by atoms with Crippen LogP contribution in [0.2, 0.25) is 0 Å². The molecule has 2 heterocycles. The monoisotopic (exact) mass is 1030 g/mol. The van der Waals surface area contributed by atoms with E-state index in [9.17, 15) is 19.2 Å². The highest BCUT2D eigenvalue weighted by Crippen LogP contribution is 2.34. The Morgan fingerprint density at radius 1 is 0.533 bits per heavy atom. The molecule has 0 radical (unpaired) electrons. The van der Waals surface area contributed by atoms with Gasteiger partial charge in [-0.05, 0) is 111 Å². The smallest absolute Gasteiger partial charge is 0.413 e. The number of carbonyl (C=O) groups excluding carboxylic acids is 4. The van der Waals surface area contributed by atoms with Gasteiger partial charge in [-0.1, -0.05) is 109 Å². The van der Waals surface area contributed by atoms with E-state index in [1.165, 1.54) is 24.7 Å². The Morgan fingerprint density at radius 3 is 1.44 bits per heavy atom. The van der Waals surface area contributed by atoms with E-state index in [0.29, 0.717) is 43.0 Å². The highest BCUT2D eigenvalue weighted by Gasteiger charge is 2.29. The molecule has 0 aromatic heterocycles. The summed E-state index contributed by atoms with van der Waals surface area (Å²) >= 11 is 0. The maximum absolute atomic E-state index is 12.9. The third-order valence-electron chi connectivity index (χ3n) is 13.6. The van der Waals surface area contributed by atoms with Crippen molar-refractivity contribution in [3.63, 3.8) is 0 Å². The van der Waals surface area contributed by atoms with Crippen LogP contribution in [0.1, 0.15) is 118 Å². The number of hydrogen-bond acceptors (Lipinski definition) is 10. The van der Waals surface area contributed by atoms with Crippen molar-refractivity contribution in [2.45, 2.75) is 76.0 Å². The molecule has 1 N–H and O–H groups in total. The van der Waals surface area contributed by atoms with E-state index in [1.54, 1.807) is 7.05 Å². The number of hydrogen-bond donors (Lipinski definition) is 1. The van der Waals surface area contributed by atoms with E-state index in [2.05, 4.69) is 105 Å². The van der Waals surface area contributed by atoms with Crippen LogP contribution in [0.5, 0.6) is 0 Å². The molecule has 2 atom stereocenters. The van der Waals surface area contributed by atoms with Crippen LogP contribution in [0.3, 0.4) is 0 Å². The van der Waals surface area contributed by atoms with Crippen molar-refractivity contribution in [3.05, 3.63) is 166 Å². The van der Waals surface area contributed by atoms with Gasteiger partial charge in [0.25, 0.3) is 11.8 Å². The summed E-state index contributed by atoms with van der Waals surface area (Å²) in [5.74, 6) is 0.112. The van der Waals surface area contributed by atoms with E-state index in [1.807, 2.05) is 92.1 Å². The largest absolute Gasteiger partial charge is 0.453 e. The van der Waals surface area contributed by atoms with E-state index < -0.39 is 12.2 Å². The maximum Gasteiger partial charge on any atom is 0.413 e. The van der Waals surface area contributed by atoms with Crippen molar-refractivity contribution in [2.24, 2.45) is 0 Å². The van der Waals surface area contributed by atoms with Crippen LogP contribution in [0.4, 0.5) is 21.0 Å². The minimum atomic E-state index is -0.488. The summed E-state index contributed by atoms with van der Waals surface area (Å²) in [6, 6.07) is 42.6. The average molecular weight is 1030 g/mol. The first-order valence-electron chi connectivity index (χ1n) is 25.0. The van der Waals surface area contributed by atoms with Gasteiger partial charge in [0.05, 0.1) is 26.3 Å². The number of nitrogens with zero attached hydrogens (tertiary/aromatic N) is 7. The third kappa shape index (κ3) is 17.2. The number of likely N-dealkylation sites (N-methyl/N-ethyl adjacent to an activating group) is 1. The predicted molar refractivity (Wildman–Crippen MR) is 310 cm³/mol. The summed E-state index contributed by atoms with van der Waals surface area (Å²) < 4.78 is 9.68. The summed E-state index contributed by atoms with van der Waals surface area (Å²) in [6.07, 6.45) is -0.893. The number of ether oxygens (including phenoxy) is 2. The first-order chi connectivity index (χ1) is 34.4. The fourth-order valence-electron chi connectivity index (χ4n) is 9.43. The molecule has 0 aliphatic carbocycles. The van der Waals surface area contributed by atoms with E-state index >= 15 is 0 Å². The van der Waals surface area contributed by atoms with Gasteiger partial charge >= 0.3 is 12.2 Å². The van der Waals surface area contributed by atoms with Crippen LogP contribution in [0, 0.1) is 0 Å². The molecule has 14 heteroatoms. The molecular formula is C61H90N8O6. The molecule has 14 nitrogen and oxygen atoms in total. The normalized spacial score (nSPS) is 14.5. The van der Waals surface area contributed by atoms with Crippen LogP contribution in [-0.4, -0.2) is 160 Å². The lowest BCUT2D eigenvalue weighted by Crippen LogP contribution is -2.47. The van der Waals surface area contributed by atoms with Gasteiger partial charge in [-0.25, -0.2) is 9.59 Å². The number of piperazine rings is 2. The molecule has 0 spiro atoms. The number of carbonyl (C=O) groups is 4. The molecule has 0 saturated carbocycles. The Balaban J connectivity index is 0.000000496. The van der Waals surface area contributed by atoms with Crippen molar-refractivity contribution in [3.8, 4) is 0 Å².